The van der Waals surface area contributed by atoms with Crippen LogP contribution in [0, 0.1) is 0 Å². The fourth-order valence-corrected chi connectivity index (χ4v) is 3.59. The summed E-state index contributed by atoms with van der Waals surface area (Å²) in [6.45, 7) is 5.33. The smallest absolute Gasteiger partial charge is 0.442 e. The predicted octanol–water partition coefficient (Wildman–Crippen LogP) is 3.69. The van der Waals surface area contributed by atoms with Crippen LogP contribution in [0.4, 0.5) is 4.79 Å². The van der Waals surface area contributed by atoms with E-state index in [1.165, 1.54) is 0 Å². The molecule has 3 rings (SSSR count). The Balaban J connectivity index is 1.69. The molecule has 2 heterocycles. The van der Waals surface area contributed by atoms with E-state index < -0.39 is 29.5 Å². The fourth-order valence-electron chi connectivity index (χ4n) is 3.59. The third kappa shape index (κ3) is 7.34. The van der Waals surface area contributed by atoms with Crippen LogP contribution in [0.25, 0.3) is 0 Å². The average Bonchev–Trinajstić information content (AvgIpc) is 2.99. The van der Waals surface area contributed by atoms with Crippen LogP contribution in [0.1, 0.15) is 63.9 Å². The Kier molecular flexibility index (Phi) is 8.08. The highest BCUT2D eigenvalue weighted by molar-refractivity contribution is 5.81. The predicted molar refractivity (Wildman–Crippen MR) is 121 cm³/mol. The van der Waals surface area contributed by atoms with E-state index >= 15 is 0 Å². The van der Waals surface area contributed by atoms with Gasteiger partial charge < -0.3 is 14.8 Å². The maximum atomic E-state index is 12.8. The molecule has 1 N–H and O–H groups in total. The minimum absolute atomic E-state index is 0.0952. The first-order valence-corrected chi connectivity index (χ1v) is 11.2. The largest absolute Gasteiger partial charge is 0.459 e. The third-order valence-electron chi connectivity index (χ3n) is 5.12. The second kappa shape index (κ2) is 11.0. The van der Waals surface area contributed by atoms with Crippen LogP contribution in [-0.2, 0) is 27.3 Å². The van der Waals surface area contributed by atoms with Gasteiger partial charge in [0.05, 0.1) is 6.04 Å². The Morgan fingerprint density at radius 2 is 2.03 bits per heavy atom. The number of amides is 1. The molecule has 1 aliphatic rings. The van der Waals surface area contributed by atoms with Crippen molar-refractivity contribution < 1.29 is 23.6 Å². The average molecular weight is 458 g/mol. The van der Waals surface area contributed by atoms with E-state index in [4.69, 9.17) is 14.0 Å². The number of allylic oxidation sites excluding steroid dienone is 1. The van der Waals surface area contributed by atoms with E-state index in [9.17, 15) is 14.4 Å². The molecular weight excluding hydrogens is 426 g/mol. The lowest BCUT2D eigenvalue weighted by Crippen LogP contribution is -2.44. The molecule has 0 saturated carbocycles. The van der Waals surface area contributed by atoms with Gasteiger partial charge in [0.15, 0.2) is 5.82 Å². The number of carbonyl (C=O) groups is 2. The van der Waals surface area contributed by atoms with Gasteiger partial charge in [-0.3, -0.25) is 9.09 Å². The van der Waals surface area contributed by atoms with Crippen molar-refractivity contribution in [2.24, 2.45) is 0 Å². The zero-order valence-electron chi connectivity index (χ0n) is 19.3. The van der Waals surface area contributed by atoms with Crippen molar-refractivity contribution in [1.82, 2.24) is 15.0 Å². The summed E-state index contributed by atoms with van der Waals surface area (Å²) in [6, 6.07) is 8.13. The Labute approximate surface area is 192 Å². The second-order valence-electron chi connectivity index (χ2n) is 9.00. The maximum absolute atomic E-state index is 12.8. The molecule has 2 aromatic rings. The number of benzene rings is 1. The number of ether oxygens (including phenoxy) is 2. The first-order chi connectivity index (χ1) is 15.7. The molecule has 0 radical (unpaired) electrons. The number of esters is 1. The first-order valence-electron chi connectivity index (χ1n) is 11.2. The molecule has 0 bridgehead atoms. The molecule has 1 unspecified atom stereocenters. The van der Waals surface area contributed by atoms with Gasteiger partial charge in [0, 0.05) is 6.42 Å². The number of hydrogen-bond acceptors (Lipinski definition) is 7. The van der Waals surface area contributed by atoms with E-state index in [0.29, 0.717) is 12.2 Å². The molecule has 0 spiro atoms. The van der Waals surface area contributed by atoms with Gasteiger partial charge in [-0.15, -0.1) is 0 Å². The number of aromatic nitrogens is 2. The van der Waals surface area contributed by atoms with Crippen molar-refractivity contribution in [3.8, 4) is 0 Å². The lowest BCUT2D eigenvalue weighted by molar-refractivity contribution is -0.147. The zero-order valence-corrected chi connectivity index (χ0v) is 19.3. The number of nitrogens with zero attached hydrogens (tertiary/aromatic N) is 2. The summed E-state index contributed by atoms with van der Waals surface area (Å²) in [6.07, 6.45) is 6.40. The van der Waals surface area contributed by atoms with Gasteiger partial charge in [-0.1, -0.05) is 54.1 Å². The van der Waals surface area contributed by atoms with E-state index in [-0.39, 0.29) is 19.1 Å². The zero-order chi connectivity index (χ0) is 23.8. The molecule has 1 aliphatic heterocycles. The Morgan fingerprint density at radius 1 is 1.27 bits per heavy atom. The lowest BCUT2D eigenvalue weighted by atomic mass is 10.1. The molecule has 9 nitrogen and oxygen atoms in total. The SMILES string of the molecule is CC(C)(C)OC(=O)N[C@@H](CC=CC1CCCCc2noc(=O)n21)C(=O)OCc1ccccc1. The van der Waals surface area contributed by atoms with Crippen molar-refractivity contribution in [2.45, 2.75) is 77.2 Å². The Morgan fingerprint density at radius 3 is 2.76 bits per heavy atom. The fraction of sp³-hybridized carbons (Fsp3) is 0.500. The minimum Gasteiger partial charge on any atom is -0.459 e. The highest BCUT2D eigenvalue weighted by Crippen LogP contribution is 2.22. The quantitative estimate of drug-likeness (QED) is 0.498. The van der Waals surface area contributed by atoms with Gasteiger partial charge in [-0.25, -0.2) is 14.4 Å². The van der Waals surface area contributed by atoms with Crippen LogP contribution >= 0.6 is 0 Å². The summed E-state index contributed by atoms with van der Waals surface area (Å²) >= 11 is 0. The van der Waals surface area contributed by atoms with Gasteiger partial charge in [0.2, 0.25) is 0 Å². The number of fused-ring (bicyclic) bond motifs is 1. The summed E-state index contributed by atoms with van der Waals surface area (Å²) in [5.74, 6) is -0.442. The molecule has 1 amide bonds. The highest BCUT2D eigenvalue weighted by Gasteiger charge is 2.26. The summed E-state index contributed by atoms with van der Waals surface area (Å²) in [7, 11) is 0. The lowest BCUT2D eigenvalue weighted by Gasteiger charge is -2.22. The van der Waals surface area contributed by atoms with Crippen LogP contribution in [0.15, 0.2) is 51.8 Å². The number of carbonyl (C=O) groups excluding carboxylic acids is 2. The number of alkyl carbamates (subject to hydrolysis) is 1. The normalized spacial score (nSPS) is 17.1. The van der Waals surface area contributed by atoms with E-state index in [2.05, 4.69) is 10.5 Å². The summed E-state index contributed by atoms with van der Waals surface area (Å²) in [4.78, 5) is 37.1. The van der Waals surface area contributed by atoms with E-state index in [0.717, 1.165) is 24.8 Å². The minimum atomic E-state index is -0.941. The first kappa shape index (κ1) is 24.3. The van der Waals surface area contributed by atoms with Crippen LogP contribution in [0.2, 0.25) is 0 Å². The molecule has 1 aromatic carbocycles. The van der Waals surface area contributed by atoms with Crippen molar-refractivity contribution >= 4 is 12.1 Å². The van der Waals surface area contributed by atoms with Gasteiger partial charge in [-0.2, -0.15) is 0 Å². The highest BCUT2D eigenvalue weighted by atomic mass is 16.6. The third-order valence-corrected chi connectivity index (χ3v) is 5.12. The summed E-state index contributed by atoms with van der Waals surface area (Å²) in [5, 5.41) is 6.46. The van der Waals surface area contributed by atoms with Gasteiger partial charge in [0.1, 0.15) is 18.2 Å². The Bertz CT molecular complexity index is 1020. The molecular formula is C24H31N3O6. The van der Waals surface area contributed by atoms with Crippen LogP contribution in [0.3, 0.4) is 0 Å². The summed E-state index contributed by atoms with van der Waals surface area (Å²) in [5.41, 5.74) is 0.139. The van der Waals surface area contributed by atoms with Gasteiger partial charge in [-0.05, 0) is 45.6 Å². The molecule has 0 fully saturated rings. The van der Waals surface area contributed by atoms with Crippen molar-refractivity contribution in [1.29, 1.82) is 0 Å². The maximum Gasteiger partial charge on any atom is 0.442 e. The monoisotopic (exact) mass is 457 g/mol. The molecule has 178 valence electrons. The van der Waals surface area contributed by atoms with Gasteiger partial charge in [0.25, 0.3) is 0 Å². The number of hydrogen-bond donors (Lipinski definition) is 1. The van der Waals surface area contributed by atoms with Crippen LogP contribution < -0.4 is 11.1 Å². The second-order valence-corrected chi connectivity index (χ2v) is 9.00. The molecule has 1 aromatic heterocycles. The molecule has 0 saturated heterocycles. The number of nitrogens with one attached hydrogen (secondary N) is 1. The topological polar surface area (TPSA) is 113 Å². The standard InChI is InChI=1S/C24H31N3O6/c1-24(2,3)32-22(29)25-19(21(28)31-16-17-10-5-4-6-11-17)14-9-13-18-12-7-8-15-20-26-33-23(30)27(18)20/h4-6,9-11,13,18-19H,7-8,12,14-16H2,1-3H3,(H,25,29)/t18?,19-/m0/s1. The molecule has 2 atom stereocenters. The number of rotatable bonds is 7. The molecule has 33 heavy (non-hydrogen) atoms. The van der Waals surface area contributed by atoms with Gasteiger partial charge >= 0.3 is 17.8 Å². The van der Waals surface area contributed by atoms with E-state index in [1.54, 1.807) is 31.4 Å². The Hall–Kier alpha value is -3.36. The number of aryl methyl sites for hydroxylation is 1. The van der Waals surface area contributed by atoms with Crippen molar-refractivity contribution in [3.05, 3.63) is 64.4 Å². The summed E-state index contributed by atoms with van der Waals surface area (Å²) < 4.78 is 17.1. The molecule has 9 heteroatoms. The van der Waals surface area contributed by atoms with Crippen molar-refractivity contribution in [3.63, 3.8) is 0 Å². The van der Waals surface area contributed by atoms with Crippen LogP contribution in [-0.4, -0.2) is 33.4 Å². The van der Waals surface area contributed by atoms with Crippen LogP contribution in [0.5, 0.6) is 0 Å². The molecule has 0 aliphatic carbocycles. The van der Waals surface area contributed by atoms with Crippen molar-refractivity contribution in [2.75, 3.05) is 0 Å². The van der Waals surface area contributed by atoms with E-state index in [1.807, 2.05) is 36.4 Å².